The Kier molecular flexibility index (Phi) is 3.74. The maximum absolute atomic E-state index is 6.41. The van der Waals surface area contributed by atoms with Crippen molar-refractivity contribution in [3.63, 3.8) is 0 Å². The Morgan fingerprint density at radius 2 is 2.00 bits per heavy atom. The first kappa shape index (κ1) is 14.9. The zero-order valence-corrected chi connectivity index (χ0v) is 13.6. The van der Waals surface area contributed by atoms with Gasteiger partial charge >= 0.3 is 6.01 Å². The summed E-state index contributed by atoms with van der Waals surface area (Å²) in [6.45, 7) is 5.85. The van der Waals surface area contributed by atoms with Crippen LogP contribution in [0.2, 0.25) is 5.02 Å². The van der Waals surface area contributed by atoms with Gasteiger partial charge in [-0.1, -0.05) is 24.4 Å². The lowest BCUT2D eigenvalue weighted by Crippen LogP contribution is -2.59. The third-order valence-electron chi connectivity index (χ3n) is 4.24. The molecule has 2 fully saturated rings. The average molecular weight is 312 g/mol. The molecule has 21 heavy (non-hydrogen) atoms. The summed E-state index contributed by atoms with van der Waals surface area (Å²) < 4.78 is 11.5. The summed E-state index contributed by atoms with van der Waals surface area (Å²) in [6, 6.07) is 0.346. The van der Waals surface area contributed by atoms with Crippen molar-refractivity contribution in [3.05, 3.63) is 11.2 Å². The molecule has 0 radical (unpaired) electrons. The molecule has 0 N–H and O–H groups in total. The summed E-state index contributed by atoms with van der Waals surface area (Å²) in [7, 11) is 1.56. The van der Waals surface area contributed by atoms with Gasteiger partial charge in [-0.15, -0.1) is 0 Å². The Morgan fingerprint density at radius 3 is 2.67 bits per heavy atom. The van der Waals surface area contributed by atoms with Crippen LogP contribution in [-0.4, -0.2) is 41.4 Å². The highest BCUT2D eigenvalue weighted by Crippen LogP contribution is 2.42. The van der Waals surface area contributed by atoms with E-state index in [9.17, 15) is 0 Å². The van der Waals surface area contributed by atoms with Crippen molar-refractivity contribution in [2.24, 2.45) is 0 Å². The minimum atomic E-state index is -0.218. The van der Waals surface area contributed by atoms with E-state index in [2.05, 4.69) is 28.7 Å². The average Bonchev–Trinajstić information content (AvgIpc) is 2.84. The normalized spacial score (nSPS) is 23.5. The Morgan fingerprint density at radius 1 is 1.29 bits per heavy atom. The van der Waals surface area contributed by atoms with E-state index < -0.39 is 0 Å². The maximum atomic E-state index is 6.41. The number of morpholine rings is 1. The second-order valence-electron chi connectivity index (χ2n) is 6.64. The number of nitrogens with zero attached hydrogens (tertiary/aromatic N) is 3. The molecule has 0 bridgehead atoms. The van der Waals surface area contributed by atoms with Crippen LogP contribution in [0.15, 0.2) is 6.20 Å². The van der Waals surface area contributed by atoms with E-state index in [0.717, 1.165) is 31.7 Å². The summed E-state index contributed by atoms with van der Waals surface area (Å²) in [6.07, 6.45) is 6.27. The highest BCUT2D eigenvalue weighted by molar-refractivity contribution is 6.32. The molecular weight excluding hydrogens is 290 g/mol. The third kappa shape index (κ3) is 2.94. The van der Waals surface area contributed by atoms with Crippen LogP contribution in [-0.2, 0) is 4.74 Å². The van der Waals surface area contributed by atoms with Gasteiger partial charge in [0, 0.05) is 13.1 Å². The molecule has 0 aromatic carbocycles. The Balaban J connectivity index is 1.93. The molecule has 1 aromatic heterocycles. The van der Waals surface area contributed by atoms with Crippen LogP contribution in [0.5, 0.6) is 6.01 Å². The van der Waals surface area contributed by atoms with Crippen molar-refractivity contribution in [1.82, 2.24) is 9.97 Å². The van der Waals surface area contributed by atoms with Gasteiger partial charge in [0.05, 0.1) is 24.5 Å². The van der Waals surface area contributed by atoms with Crippen LogP contribution in [0.4, 0.5) is 5.82 Å². The fraction of sp³-hybridized carbons (Fsp3) is 0.733. The van der Waals surface area contributed by atoms with Crippen molar-refractivity contribution in [2.45, 2.75) is 50.7 Å². The second-order valence-corrected chi connectivity index (χ2v) is 7.04. The molecule has 0 unspecified atom stereocenters. The monoisotopic (exact) mass is 311 g/mol. The first-order valence-electron chi connectivity index (χ1n) is 7.45. The lowest BCUT2D eigenvalue weighted by molar-refractivity contribution is -0.148. The Labute approximate surface area is 130 Å². The number of ether oxygens (including phenoxy) is 2. The number of halogens is 1. The molecule has 116 valence electrons. The minimum Gasteiger partial charge on any atom is -0.467 e. The largest absolute Gasteiger partial charge is 0.467 e. The van der Waals surface area contributed by atoms with Gasteiger partial charge in [-0.2, -0.15) is 4.98 Å². The van der Waals surface area contributed by atoms with E-state index in [1.165, 1.54) is 12.8 Å². The topological polar surface area (TPSA) is 47.5 Å². The number of aromatic nitrogens is 2. The molecule has 2 heterocycles. The van der Waals surface area contributed by atoms with Crippen molar-refractivity contribution in [2.75, 3.05) is 25.1 Å². The quantitative estimate of drug-likeness (QED) is 0.840. The molecule has 1 spiro atoms. The summed E-state index contributed by atoms with van der Waals surface area (Å²) in [5.74, 6) is 0.742. The minimum absolute atomic E-state index is 0.0662. The molecule has 1 aliphatic heterocycles. The van der Waals surface area contributed by atoms with Crippen LogP contribution in [0.25, 0.3) is 0 Å². The van der Waals surface area contributed by atoms with Crippen LogP contribution >= 0.6 is 11.6 Å². The van der Waals surface area contributed by atoms with Crippen LogP contribution in [0, 0.1) is 0 Å². The van der Waals surface area contributed by atoms with Crippen molar-refractivity contribution in [1.29, 1.82) is 0 Å². The first-order valence-corrected chi connectivity index (χ1v) is 7.83. The van der Waals surface area contributed by atoms with Crippen LogP contribution in [0.1, 0.15) is 39.5 Å². The summed E-state index contributed by atoms with van der Waals surface area (Å²) in [5, 5.41) is 0.557. The van der Waals surface area contributed by atoms with Crippen molar-refractivity contribution < 1.29 is 9.47 Å². The van der Waals surface area contributed by atoms with E-state index in [0.29, 0.717) is 11.0 Å². The SMILES string of the molecule is COc1ncc(Cl)c(N2CC(C)(C)OC3(CCCC3)C2)n1. The van der Waals surface area contributed by atoms with Gasteiger partial charge in [-0.3, -0.25) is 0 Å². The standard InChI is InChI=1S/C15H22ClN3O2/c1-14(2)9-19(10-15(21-14)6-4-5-7-15)12-11(16)8-17-13(18-12)20-3/h8H,4-7,9-10H2,1-3H3. The van der Waals surface area contributed by atoms with Gasteiger partial charge in [0.15, 0.2) is 5.82 Å². The van der Waals surface area contributed by atoms with E-state index >= 15 is 0 Å². The maximum Gasteiger partial charge on any atom is 0.318 e. The first-order chi connectivity index (χ1) is 9.93. The lowest BCUT2D eigenvalue weighted by atomic mass is 9.94. The summed E-state index contributed by atoms with van der Waals surface area (Å²) in [5.41, 5.74) is -0.284. The lowest BCUT2D eigenvalue weighted by Gasteiger charge is -2.49. The van der Waals surface area contributed by atoms with Gasteiger partial charge in [-0.05, 0) is 26.7 Å². The van der Waals surface area contributed by atoms with E-state index in [1.54, 1.807) is 13.3 Å². The van der Waals surface area contributed by atoms with E-state index in [-0.39, 0.29) is 11.2 Å². The molecule has 0 amide bonds. The smallest absolute Gasteiger partial charge is 0.318 e. The highest BCUT2D eigenvalue weighted by Gasteiger charge is 2.46. The van der Waals surface area contributed by atoms with Gasteiger partial charge in [-0.25, -0.2) is 4.98 Å². The second kappa shape index (κ2) is 5.29. The van der Waals surface area contributed by atoms with Gasteiger partial charge in [0.25, 0.3) is 0 Å². The van der Waals surface area contributed by atoms with E-state index in [4.69, 9.17) is 21.1 Å². The molecule has 1 saturated carbocycles. The molecule has 1 aromatic rings. The predicted molar refractivity (Wildman–Crippen MR) is 82.2 cm³/mol. The number of methoxy groups -OCH3 is 1. The molecule has 1 saturated heterocycles. The number of hydrogen-bond acceptors (Lipinski definition) is 5. The predicted octanol–water partition coefficient (Wildman–Crippen LogP) is 3.07. The Hall–Kier alpha value is -1.07. The molecule has 6 heteroatoms. The number of anilines is 1. The zero-order chi connectivity index (χ0) is 15.1. The van der Waals surface area contributed by atoms with Gasteiger partial charge in [0.2, 0.25) is 0 Å². The molecule has 5 nitrogen and oxygen atoms in total. The Bertz CT molecular complexity index is 530. The van der Waals surface area contributed by atoms with E-state index in [1.807, 2.05) is 0 Å². The summed E-state index contributed by atoms with van der Waals surface area (Å²) in [4.78, 5) is 10.7. The fourth-order valence-corrected chi connectivity index (χ4v) is 3.82. The van der Waals surface area contributed by atoms with Gasteiger partial charge < -0.3 is 14.4 Å². The molecule has 2 aliphatic rings. The van der Waals surface area contributed by atoms with Gasteiger partial charge in [0.1, 0.15) is 5.02 Å². The number of rotatable bonds is 2. The summed E-state index contributed by atoms with van der Waals surface area (Å²) >= 11 is 6.31. The van der Waals surface area contributed by atoms with Crippen molar-refractivity contribution in [3.8, 4) is 6.01 Å². The molecular formula is C15H22ClN3O2. The van der Waals surface area contributed by atoms with Crippen LogP contribution in [0.3, 0.4) is 0 Å². The fourth-order valence-electron chi connectivity index (χ4n) is 3.61. The van der Waals surface area contributed by atoms with Crippen molar-refractivity contribution >= 4 is 17.4 Å². The van der Waals surface area contributed by atoms with Crippen LogP contribution < -0.4 is 9.64 Å². The third-order valence-corrected chi connectivity index (χ3v) is 4.51. The molecule has 3 rings (SSSR count). The molecule has 1 aliphatic carbocycles. The molecule has 0 atom stereocenters. The number of hydrogen-bond donors (Lipinski definition) is 0. The highest BCUT2D eigenvalue weighted by atomic mass is 35.5. The zero-order valence-electron chi connectivity index (χ0n) is 12.9.